The molecule has 29 heavy (non-hydrogen) atoms. The van der Waals surface area contributed by atoms with E-state index in [0.29, 0.717) is 26.1 Å². The molecule has 0 fully saturated rings. The number of hydrogen-bond acceptors (Lipinski definition) is 5. The normalized spacial score (nSPS) is 11.0. The Kier molecular flexibility index (Phi) is 5.71. The largest absolute Gasteiger partial charge is 0.315 e. The Bertz CT molecular complexity index is 1240. The molecule has 0 atom stereocenters. The van der Waals surface area contributed by atoms with E-state index in [9.17, 15) is 9.59 Å². The number of hydrogen-bond donors (Lipinski definition) is 0. The van der Waals surface area contributed by atoms with Crippen molar-refractivity contribution in [1.82, 2.24) is 9.55 Å². The minimum absolute atomic E-state index is 0.0847. The number of para-hydroxylation sites is 1. The van der Waals surface area contributed by atoms with Crippen LogP contribution in [0.2, 0.25) is 5.02 Å². The maximum Gasteiger partial charge on any atom is 0.276 e. The van der Waals surface area contributed by atoms with E-state index in [4.69, 9.17) is 11.6 Å². The molecule has 2 aromatic carbocycles. The predicted octanol–water partition coefficient (Wildman–Crippen LogP) is 4.86. The molecule has 2 heterocycles. The van der Waals surface area contributed by atoms with Crippen LogP contribution in [0.15, 0.2) is 76.0 Å². The summed E-state index contributed by atoms with van der Waals surface area (Å²) < 4.78 is 2.09. The lowest BCUT2D eigenvalue weighted by molar-refractivity contribution is -0.115. The summed E-state index contributed by atoms with van der Waals surface area (Å²) >= 11 is 8.72. The Balaban J connectivity index is 1.69. The van der Waals surface area contributed by atoms with Crippen molar-refractivity contribution in [3.8, 4) is 5.69 Å². The molecule has 0 radical (unpaired) electrons. The van der Waals surface area contributed by atoms with Crippen molar-refractivity contribution >= 4 is 56.5 Å². The van der Waals surface area contributed by atoms with Crippen LogP contribution in [0.25, 0.3) is 15.9 Å². The third-order valence-electron chi connectivity index (χ3n) is 4.36. The maximum absolute atomic E-state index is 13.1. The fraction of sp³-hybridized carbons (Fsp3) is 0.0952. The van der Waals surface area contributed by atoms with Gasteiger partial charge >= 0.3 is 0 Å². The van der Waals surface area contributed by atoms with Gasteiger partial charge in [-0.1, -0.05) is 47.6 Å². The van der Waals surface area contributed by atoms with Crippen LogP contribution in [0.1, 0.15) is 0 Å². The Morgan fingerprint density at radius 3 is 2.72 bits per heavy atom. The third kappa shape index (κ3) is 4.07. The Morgan fingerprint density at radius 2 is 1.97 bits per heavy atom. The van der Waals surface area contributed by atoms with Crippen LogP contribution in [-0.4, -0.2) is 28.3 Å². The fourth-order valence-electron chi connectivity index (χ4n) is 2.85. The van der Waals surface area contributed by atoms with Gasteiger partial charge in [-0.05, 0) is 41.8 Å². The van der Waals surface area contributed by atoms with Gasteiger partial charge < -0.3 is 4.90 Å². The highest BCUT2D eigenvalue weighted by molar-refractivity contribution is 7.99. The summed E-state index contributed by atoms with van der Waals surface area (Å²) in [5.41, 5.74) is 1.89. The zero-order valence-corrected chi connectivity index (χ0v) is 17.8. The van der Waals surface area contributed by atoms with Crippen LogP contribution in [0, 0.1) is 0 Å². The molecule has 0 saturated carbocycles. The molecule has 0 bridgehead atoms. The monoisotopic (exact) mass is 441 g/mol. The quantitative estimate of drug-likeness (QED) is 0.328. The molecule has 0 saturated heterocycles. The molecule has 4 rings (SSSR count). The first-order valence-corrected chi connectivity index (χ1v) is 11.0. The van der Waals surface area contributed by atoms with Gasteiger partial charge in [-0.25, -0.2) is 4.98 Å². The third-order valence-corrected chi connectivity index (χ3v) is 6.41. The van der Waals surface area contributed by atoms with E-state index in [0.717, 1.165) is 5.69 Å². The van der Waals surface area contributed by atoms with Gasteiger partial charge in [0.25, 0.3) is 5.56 Å². The second kappa shape index (κ2) is 8.41. The number of fused-ring (bicyclic) bond motifs is 1. The molecule has 0 unspecified atom stereocenters. The first kappa shape index (κ1) is 19.7. The smallest absolute Gasteiger partial charge is 0.276 e. The van der Waals surface area contributed by atoms with Crippen LogP contribution >= 0.6 is 34.7 Å². The van der Waals surface area contributed by atoms with Crippen LogP contribution in [0.3, 0.4) is 0 Å². The molecule has 5 nitrogen and oxygen atoms in total. The van der Waals surface area contributed by atoms with Gasteiger partial charge in [0.2, 0.25) is 5.91 Å². The molecular formula is C21H16ClN3O2S2. The highest BCUT2D eigenvalue weighted by atomic mass is 35.5. The van der Waals surface area contributed by atoms with E-state index < -0.39 is 0 Å². The van der Waals surface area contributed by atoms with Crippen LogP contribution in [0.5, 0.6) is 0 Å². The molecule has 0 N–H and O–H groups in total. The fourth-order valence-corrected chi connectivity index (χ4v) is 4.72. The van der Waals surface area contributed by atoms with Gasteiger partial charge in [0.1, 0.15) is 4.70 Å². The zero-order chi connectivity index (χ0) is 20.4. The van der Waals surface area contributed by atoms with Crippen molar-refractivity contribution in [3.63, 3.8) is 0 Å². The standard InChI is InChI=1S/C21H16ClN3O2S2/c1-24(15-7-3-2-4-8-15)18(26)13-29-21-23-17-10-11-28-19(17)20(27)25(21)16-9-5-6-14(22)12-16/h2-12H,13H2,1H3. The average molecular weight is 442 g/mol. The summed E-state index contributed by atoms with van der Waals surface area (Å²) in [4.78, 5) is 32.0. The minimum atomic E-state index is -0.168. The molecule has 146 valence electrons. The number of carbonyl (C=O) groups is 1. The first-order chi connectivity index (χ1) is 14.0. The average Bonchev–Trinajstić information content (AvgIpc) is 3.21. The van der Waals surface area contributed by atoms with E-state index in [2.05, 4.69) is 4.98 Å². The number of benzene rings is 2. The van der Waals surface area contributed by atoms with Crippen molar-refractivity contribution in [2.24, 2.45) is 0 Å². The van der Waals surface area contributed by atoms with Gasteiger partial charge in [0.15, 0.2) is 5.16 Å². The highest BCUT2D eigenvalue weighted by Gasteiger charge is 2.17. The number of amides is 1. The highest BCUT2D eigenvalue weighted by Crippen LogP contribution is 2.25. The van der Waals surface area contributed by atoms with Crippen molar-refractivity contribution in [3.05, 3.63) is 81.4 Å². The van der Waals surface area contributed by atoms with Gasteiger partial charge in [-0.3, -0.25) is 14.2 Å². The lowest BCUT2D eigenvalue weighted by Crippen LogP contribution is -2.28. The van der Waals surface area contributed by atoms with Crippen molar-refractivity contribution in [2.75, 3.05) is 17.7 Å². The van der Waals surface area contributed by atoms with E-state index in [1.165, 1.54) is 27.7 Å². The topological polar surface area (TPSA) is 55.2 Å². The number of halogens is 1. The van der Waals surface area contributed by atoms with Gasteiger partial charge in [-0.15, -0.1) is 11.3 Å². The van der Waals surface area contributed by atoms with Gasteiger partial charge in [-0.2, -0.15) is 0 Å². The molecular weight excluding hydrogens is 426 g/mol. The second-order valence-electron chi connectivity index (χ2n) is 6.23. The van der Waals surface area contributed by atoms with Gasteiger partial charge in [0.05, 0.1) is 17.0 Å². The number of aromatic nitrogens is 2. The molecule has 0 aliphatic heterocycles. The summed E-state index contributed by atoms with van der Waals surface area (Å²) in [6.07, 6.45) is 0. The number of nitrogens with zero attached hydrogens (tertiary/aromatic N) is 3. The van der Waals surface area contributed by atoms with E-state index in [1.54, 1.807) is 36.2 Å². The predicted molar refractivity (Wildman–Crippen MR) is 121 cm³/mol. The van der Waals surface area contributed by atoms with E-state index >= 15 is 0 Å². The maximum atomic E-state index is 13.1. The summed E-state index contributed by atoms with van der Waals surface area (Å²) in [7, 11) is 1.73. The van der Waals surface area contributed by atoms with Crippen molar-refractivity contribution in [2.45, 2.75) is 5.16 Å². The Morgan fingerprint density at radius 1 is 1.17 bits per heavy atom. The lowest BCUT2D eigenvalue weighted by atomic mass is 10.3. The van der Waals surface area contributed by atoms with Crippen LogP contribution < -0.4 is 10.5 Å². The summed E-state index contributed by atoms with van der Waals surface area (Å²) in [6.45, 7) is 0. The first-order valence-electron chi connectivity index (χ1n) is 8.75. The number of thiophene rings is 1. The SMILES string of the molecule is CN(C(=O)CSc1nc2ccsc2c(=O)n1-c1cccc(Cl)c1)c1ccccc1. The zero-order valence-electron chi connectivity index (χ0n) is 15.4. The molecule has 0 aliphatic rings. The summed E-state index contributed by atoms with van der Waals surface area (Å²) in [6, 6.07) is 18.3. The molecule has 0 aliphatic carbocycles. The molecule has 4 aromatic rings. The number of carbonyl (C=O) groups excluding carboxylic acids is 1. The molecule has 8 heteroatoms. The number of anilines is 1. The summed E-state index contributed by atoms with van der Waals surface area (Å²) in [5.74, 6) is 0.0622. The molecule has 1 amide bonds. The molecule has 2 aromatic heterocycles. The number of thioether (sulfide) groups is 1. The van der Waals surface area contributed by atoms with Crippen molar-refractivity contribution < 1.29 is 4.79 Å². The van der Waals surface area contributed by atoms with Crippen molar-refractivity contribution in [1.29, 1.82) is 0 Å². The van der Waals surface area contributed by atoms with Gasteiger partial charge in [0, 0.05) is 17.8 Å². The minimum Gasteiger partial charge on any atom is -0.315 e. The van der Waals surface area contributed by atoms with E-state index in [-0.39, 0.29) is 17.2 Å². The number of rotatable bonds is 5. The second-order valence-corrected chi connectivity index (χ2v) is 8.52. The van der Waals surface area contributed by atoms with E-state index in [1.807, 2.05) is 41.8 Å². The Labute approximate surface area is 180 Å². The Hall–Kier alpha value is -2.61. The molecule has 0 spiro atoms. The van der Waals surface area contributed by atoms with Crippen LogP contribution in [0.4, 0.5) is 5.69 Å². The van der Waals surface area contributed by atoms with Crippen LogP contribution in [-0.2, 0) is 4.79 Å². The lowest BCUT2D eigenvalue weighted by Gasteiger charge is -2.17. The summed E-state index contributed by atoms with van der Waals surface area (Å²) in [5, 5.41) is 2.82.